The number of hydrogen-bond acceptors (Lipinski definition) is 2. The fourth-order valence-electron chi connectivity index (χ4n) is 3.42. The minimum atomic E-state index is 0.214. The lowest BCUT2D eigenvalue weighted by molar-refractivity contribution is 0.0676. The summed E-state index contributed by atoms with van der Waals surface area (Å²) >= 11 is 0. The molecule has 2 heterocycles. The standard InChI is InChI=1S/C16H22N2O/c1-3-15-7-4-11(2)18(15)16(19)12-5-6-13-9-17-10-14(13)8-12/h5-6,8,11,15,17H,3-4,7,9-10H2,1-2H3. The van der Waals surface area contributed by atoms with Gasteiger partial charge in [0.15, 0.2) is 0 Å². The Labute approximate surface area is 115 Å². The maximum Gasteiger partial charge on any atom is 0.254 e. The highest BCUT2D eigenvalue weighted by molar-refractivity contribution is 5.95. The van der Waals surface area contributed by atoms with E-state index in [0.717, 1.165) is 37.9 Å². The largest absolute Gasteiger partial charge is 0.333 e. The molecule has 3 nitrogen and oxygen atoms in total. The maximum atomic E-state index is 12.7. The number of hydrogen-bond donors (Lipinski definition) is 1. The van der Waals surface area contributed by atoms with Gasteiger partial charge in [-0.25, -0.2) is 0 Å². The van der Waals surface area contributed by atoms with Crippen molar-refractivity contribution in [3.05, 3.63) is 34.9 Å². The van der Waals surface area contributed by atoms with Gasteiger partial charge in [0.05, 0.1) is 0 Å². The van der Waals surface area contributed by atoms with Gasteiger partial charge < -0.3 is 10.2 Å². The molecule has 3 rings (SSSR count). The Morgan fingerprint density at radius 2 is 2.11 bits per heavy atom. The zero-order valence-electron chi connectivity index (χ0n) is 11.8. The molecule has 0 aromatic heterocycles. The van der Waals surface area contributed by atoms with Crippen LogP contribution in [0.3, 0.4) is 0 Å². The molecule has 2 atom stereocenters. The van der Waals surface area contributed by atoms with Crippen LogP contribution in [0.25, 0.3) is 0 Å². The Morgan fingerprint density at radius 3 is 2.89 bits per heavy atom. The Morgan fingerprint density at radius 1 is 1.32 bits per heavy atom. The summed E-state index contributed by atoms with van der Waals surface area (Å²) in [6.07, 6.45) is 3.34. The number of carbonyl (C=O) groups excluding carboxylic acids is 1. The van der Waals surface area contributed by atoms with Crippen LogP contribution in [0.5, 0.6) is 0 Å². The SMILES string of the molecule is CCC1CCC(C)N1C(=O)c1ccc2c(c1)CNC2. The fraction of sp³-hybridized carbons (Fsp3) is 0.562. The Hall–Kier alpha value is -1.35. The zero-order chi connectivity index (χ0) is 13.4. The van der Waals surface area contributed by atoms with Crippen molar-refractivity contribution in [3.8, 4) is 0 Å². The highest BCUT2D eigenvalue weighted by Gasteiger charge is 2.33. The molecule has 0 saturated carbocycles. The van der Waals surface area contributed by atoms with Crippen molar-refractivity contribution in [2.24, 2.45) is 0 Å². The first-order valence-corrected chi connectivity index (χ1v) is 7.36. The molecule has 0 spiro atoms. The Kier molecular flexibility index (Phi) is 3.31. The lowest BCUT2D eigenvalue weighted by Crippen LogP contribution is -2.39. The van der Waals surface area contributed by atoms with Crippen molar-refractivity contribution < 1.29 is 4.79 Å². The van der Waals surface area contributed by atoms with Crippen LogP contribution in [0.2, 0.25) is 0 Å². The third kappa shape index (κ3) is 2.16. The van der Waals surface area contributed by atoms with Crippen molar-refractivity contribution in [2.45, 2.75) is 58.3 Å². The number of likely N-dealkylation sites (tertiary alicyclic amines) is 1. The first kappa shape index (κ1) is 12.7. The minimum Gasteiger partial charge on any atom is -0.333 e. The summed E-state index contributed by atoms with van der Waals surface area (Å²) < 4.78 is 0. The first-order chi connectivity index (χ1) is 9.20. The van der Waals surface area contributed by atoms with Crippen LogP contribution < -0.4 is 5.32 Å². The van der Waals surface area contributed by atoms with Gasteiger partial charge in [-0.2, -0.15) is 0 Å². The molecule has 0 radical (unpaired) electrons. The van der Waals surface area contributed by atoms with E-state index in [0.29, 0.717) is 12.1 Å². The molecule has 19 heavy (non-hydrogen) atoms. The third-order valence-electron chi connectivity index (χ3n) is 4.58. The zero-order valence-corrected chi connectivity index (χ0v) is 11.8. The summed E-state index contributed by atoms with van der Waals surface area (Å²) in [5.41, 5.74) is 3.47. The van der Waals surface area contributed by atoms with Crippen molar-refractivity contribution in [2.75, 3.05) is 0 Å². The smallest absolute Gasteiger partial charge is 0.254 e. The number of nitrogens with one attached hydrogen (secondary N) is 1. The van der Waals surface area contributed by atoms with Crippen molar-refractivity contribution in [1.29, 1.82) is 0 Å². The molecular formula is C16H22N2O. The summed E-state index contributed by atoms with van der Waals surface area (Å²) in [4.78, 5) is 14.8. The van der Waals surface area contributed by atoms with E-state index in [4.69, 9.17) is 0 Å². The molecule has 102 valence electrons. The van der Waals surface area contributed by atoms with Gasteiger partial charge in [0, 0.05) is 30.7 Å². The average Bonchev–Trinajstić information content (AvgIpc) is 3.02. The van der Waals surface area contributed by atoms with Gasteiger partial charge >= 0.3 is 0 Å². The highest BCUT2D eigenvalue weighted by atomic mass is 16.2. The molecule has 2 unspecified atom stereocenters. The van der Waals surface area contributed by atoms with E-state index in [-0.39, 0.29) is 5.91 Å². The predicted octanol–water partition coefficient (Wildman–Crippen LogP) is 2.69. The highest BCUT2D eigenvalue weighted by Crippen LogP contribution is 2.28. The molecule has 3 heteroatoms. The summed E-state index contributed by atoms with van der Waals surface area (Å²) in [6.45, 7) is 6.17. The van der Waals surface area contributed by atoms with Crippen molar-refractivity contribution in [1.82, 2.24) is 10.2 Å². The Balaban J connectivity index is 1.87. The lowest BCUT2D eigenvalue weighted by atomic mass is 10.0. The summed E-state index contributed by atoms with van der Waals surface area (Å²) in [7, 11) is 0. The Bertz CT molecular complexity index is 498. The molecule has 1 N–H and O–H groups in total. The van der Waals surface area contributed by atoms with Crippen LogP contribution in [0, 0.1) is 0 Å². The van der Waals surface area contributed by atoms with Gasteiger partial charge in [-0.05, 0) is 49.4 Å². The van der Waals surface area contributed by atoms with E-state index >= 15 is 0 Å². The van der Waals surface area contributed by atoms with E-state index in [1.807, 2.05) is 6.07 Å². The second kappa shape index (κ2) is 4.97. The normalized spacial score (nSPS) is 25.7. The third-order valence-corrected chi connectivity index (χ3v) is 4.58. The van der Waals surface area contributed by atoms with Crippen LogP contribution in [0.4, 0.5) is 0 Å². The lowest BCUT2D eigenvalue weighted by Gasteiger charge is -2.28. The fourth-order valence-corrected chi connectivity index (χ4v) is 3.42. The number of fused-ring (bicyclic) bond motifs is 1. The molecular weight excluding hydrogens is 236 g/mol. The van der Waals surface area contributed by atoms with Crippen LogP contribution in [0.15, 0.2) is 18.2 Å². The van der Waals surface area contributed by atoms with E-state index < -0.39 is 0 Å². The second-order valence-electron chi connectivity index (χ2n) is 5.79. The molecule has 1 fully saturated rings. The van der Waals surface area contributed by atoms with Gasteiger partial charge in [-0.1, -0.05) is 13.0 Å². The van der Waals surface area contributed by atoms with Crippen molar-refractivity contribution in [3.63, 3.8) is 0 Å². The maximum absolute atomic E-state index is 12.7. The molecule has 2 aliphatic heterocycles. The second-order valence-corrected chi connectivity index (χ2v) is 5.79. The predicted molar refractivity (Wildman–Crippen MR) is 75.9 cm³/mol. The summed E-state index contributed by atoms with van der Waals surface area (Å²) in [5, 5.41) is 3.33. The van der Waals surface area contributed by atoms with Gasteiger partial charge in [0.1, 0.15) is 0 Å². The molecule has 1 aromatic rings. The number of nitrogens with zero attached hydrogens (tertiary/aromatic N) is 1. The molecule has 1 saturated heterocycles. The monoisotopic (exact) mass is 258 g/mol. The van der Waals surface area contributed by atoms with E-state index in [1.165, 1.54) is 11.1 Å². The molecule has 1 aromatic carbocycles. The number of amides is 1. The van der Waals surface area contributed by atoms with Crippen LogP contribution in [-0.2, 0) is 13.1 Å². The number of carbonyl (C=O) groups is 1. The van der Waals surface area contributed by atoms with Crippen LogP contribution in [-0.4, -0.2) is 22.9 Å². The van der Waals surface area contributed by atoms with Gasteiger partial charge in [-0.15, -0.1) is 0 Å². The number of rotatable bonds is 2. The molecule has 1 amide bonds. The molecule has 2 aliphatic rings. The van der Waals surface area contributed by atoms with Gasteiger partial charge in [-0.3, -0.25) is 4.79 Å². The van der Waals surface area contributed by atoms with Gasteiger partial charge in [0.25, 0.3) is 5.91 Å². The molecule has 0 aliphatic carbocycles. The van der Waals surface area contributed by atoms with Crippen LogP contribution >= 0.6 is 0 Å². The van der Waals surface area contributed by atoms with Gasteiger partial charge in [0.2, 0.25) is 0 Å². The van der Waals surface area contributed by atoms with E-state index in [2.05, 4.69) is 36.2 Å². The quantitative estimate of drug-likeness (QED) is 0.884. The van der Waals surface area contributed by atoms with Crippen molar-refractivity contribution >= 4 is 5.91 Å². The summed E-state index contributed by atoms with van der Waals surface area (Å²) in [5.74, 6) is 0.214. The van der Waals surface area contributed by atoms with E-state index in [1.54, 1.807) is 0 Å². The topological polar surface area (TPSA) is 32.3 Å². The van der Waals surface area contributed by atoms with Crippen LogP contribution in [0.1, 0.15) is 54.6 Å². The first-order valence-electron chi connectivity index (χ1n) is 7.36. The summed E-state index contributed by atoms with van der Waals surface area (Å²) in [6, 6.07) is 6.98. The molecule has 0 bridgehead atoms. The minimum absolute atomic E-state index is 0.214. The van der Waals surface area contributed by atoms with E-state index in [9.17, 15) is 4.79 Å². The number of benzene rings is 1. The average molecular weight is 258 g/mol.